The third-order valence-corrected chi connectivity index (χ3v) is 4.96. The zero-order valence-corrected chi connectivity index (χ0v) is 16.6. The van der Waals surface area contributed by atoms with Crippen LogP contribution in [-0.2, 0) is 20.6 Å². The normalized spacial score (nSPS) is 13.0. The number of methoxy groups -OCH3 is 3. The summed E-state index contributed by atoms with van der Waals surface area (Å²) in [5, 5.41) is 0. The average molecular weight is 349 g/mol. The molecule has 0 aliphatic rings. The quantitative estimate of drug-likeness (QED) is 0.313. The molecule has 25 heavy (non-hydrogen) atoms. The standard InChI is InChI=1S/C22H36O3/c1-6-8-9-10-11-12-13-21(22(23-3,24-4)25-5)18-20-16-14-19(7-2)15-17-20/h7,14-17,21H,2,6,8-13,18H2,1,3-5H3. The summed E-state index contributed by atoms with van der Waals surface area (Å²) in [5.41, 5.74) is 2.39. The van der Waals surface area contributed by atoms with Crippen molar-refractivity contribution in [3.63, 3.8) is 0 Å². The number of hydrogen-bond donors (Lipinski definition) is 0. The molecule has 1 rings (SSSR count). The van der Waals surface area contributed by atoms with Crippen LogP contribution in [-0.4, -0.2) is 27.3 Å². The number of hydrogen-bond acceptors (Lipinski definition) is 3. The van der Waals surface area contributed by atoms with E-state index in [0.29, 0.717) is 0 Å². The lowest BCUT2D eigenvalue weighted by molar-refractivity contribution is -0.379. The van der Waals surface area contributed by atoms with Crippen LogP contribution in [0.4, 0.5) is 0 Å². The number of benzene rings is 1. The summed E-state index contributed by atoms with van der Waals surface area (Å²) in [6, 6.07) is 8.49. The molecule has 142 valence electrons. The highest BCUT2D eigenvalue weighted by atomic mass is 16.9. The first-order valence-electron chi connectivity index (χ1n) is 9.52. The minimum absolute atomic E-state index is 0.147. The van der Waals surface area contributed by atoms with Crippen molar-refractivity contribution in [2.75, 3.05) is 21.3 Å². The van der Waals surface area contributed by atoms with Crippen molar-refractivity contribution < 1.29 is 14.2 Å². The molecular formula is C22H36O3. The molecule has 3 nitrogen and oxygen atoms in total. The van der Waals surface area contributed by atoms with Gasteiger partial charge in [0, 0.05) is 27.2 Å². The first-order valence-corrected chi connectivity index (χ1v) is 9.52. The molecule has 1 unspecified atom stereocenters. The van der Waals surface area contributed by atoms with Crippen LogP contribution in [0.25, 0.3) is 6.08 Å². The third-order valence-electron chi connectivity index (χ3n) is 4.96. The van der Waals surface area contributed by atoms with Gasteiger partial charge in [-0.25, -0.2) is 0 Å². The average Bonchev–Trinajstić information content (AvgIpc) is 2.66. The van der Waals surface area contributed by atoms with E-state index in [0.717, 1.165) is 24.8 Å². The summed E-state index contributed by atoms with van der Waals surface area (Å²) in [6.07, 6.45) is 11.4. The van der Waals surface area contributed by atoms with Crippen LogP contribution in [0.15, 0.2) is 30.8 Å². The van der Waals surface area contributed by atoms with Gasteiger partial charge in [-0.3, -0.25) is 0 Å². The second-order valence-electron chi connectivity index (χ2n) is 6.62. The van der Waals surface area contributed by atoms with Crippen molar-refractivity contribution in [2.45, 2.75) is 64.3 Å². The zero-order chi connectivity index (χ0) is 18.5. The Labute approximate surface area is 154 Å². The maximum atomic E-state index is 5.65. The highest BCUT2D eigenvalue weighted by Gasteiger charge is 2.39. The maximum absolute atomic E-state index is 5.65. The van der Waals surface area contributed by atoms with Gasteiger partial charge >= 0.3 is 0 Å². The summed E-state index contributed by atoms with van der Waals surface area (Å²) in [7, 11) is 4.96. The molecule has 0 saturated carbocycles. The van der Waals surface area contributed by atoms with Crippen LogP contribution in [0.3, 0.4) is 0 Å². The van der Waals surface area contributed by atoms with Gasteiger partial charge in [0.15, 0.2) is 0 Å². The fourth-order valence-corrected chi connectivity index (χ4v) is 3.40. The van der Waals surface area contributed by atoms with Crippen LogP contribution in [0.2, 0.25) is 0 Å². The Morgan fingerprint density at radius 2 is 1.48 bits per heavy atom. The molecule has 0 radical (unpaired) electrons. The minimum atomic E-state index is -0.986. The summed E-state index contributed by atoms with van der Waals surface area (Å²) < 4.78 is 17.0. The van der Waals surface area contributed by atoms with Crippen molar-refractivity contribution >= 4 is 6.08 Å². The van der Waals surface area contributed by atoms with Crippen molar-refractivity contribution in [3.05, 3.63) is 42.0 Å². The van der Waals surface area contributed by atoms with Crippen molar-refractivity contribution in [2.24, 2.45) is 5.92 Å². The summed E-state index contributed by atoms with van der Waals surface area (Å²) in [4.78, 5) is 0. The lowest BCUT2D eigenvalue weighted by Crippen LogP contribution is -2.45. The Morgan fingerprint density at radius 1 is 0.920 bits per heavy atom. The second-order valence-corrected chi connectivity index (χ2v) is 6.62. The van der Waals surface area contributed by atoms with E-state index in [9.17, 15) is 0 Å². The van der Waals surface area contributed by atoms with Crippen molar-refractivity contribution in [3.8, 4) is 0 Å². The van der Waals surface area contributed by atoms with E-state index in [1.807, 2.05) is 6.08 Å². The molecule has 0 aliphatic carbocycles. The Morgan fingerprint density at radius 3 is 2.00 bits per heavy atom. The SMILES string of the molecule is C=Cc1ccc(CC(CCCCCCCC)C(OC)(OC)OC)cc1. The first kappa shape index (κ1) is 21.9. The van der Waals surface area contributed by atoms with Crippen LogP contribution < -0.4 is 0 Å². The summed E-state index contributed by atoms with van der Waals surface area (Å²) in [5.74, 6) is -0.839. The molecule has 0 saturated heterocycles. The van der Waals surface area contributed by atoms with Crippen LogP contribution in [0.5, 0.6) is 0 Å². The van der Waals surface area contributed by atoms with Gasteiger partial charge in [0.1, 0.15) is 0 Å². The predicted octanol–water partition coefficient (Wildman–Crippen LogP) is 5.83. The third kappa shape index (κ3) is 6.93. The lowest BCUT2D eigenvalue weighted by Gasteiger charge is -2.36. The summed E-state index contributed by atoms with van der Waals surface area (Å²) >= 11 is 0. The van der Waals surface area contributed by atoms with Gasteiger partial charge in [-0.1, -0.05) is 82.4 Å². The highest BCUT2D eigenvalue weighted by Crippen LogP contribution is 2.31. The molecule has 0 fully saturated rings. The second kappa shape index (κ2) is 12.2. The molecule has 0 heterocycles. The Kier molecular flexibility index (Phi) is 10.7. The van der Waals surface area contributed by atoms with Gasteiger partial charge in [-0.2, -0.15) is 0 Å². The Balaban J connectivity index is 2.74. The number of unbranched alkanes of at least 4 members (excludes halogenated alkanes) is 5. The van der Waals surface area contributed by atoms with E-state index in [4.69, 9.17) is 14.2 Å². The molecule has 0 aliphatic heterocycles. The van der Waals surface area contributed by atoms with E-state index in [2.05, 4.69) is 37.8 Å². The molecule has 1 atom stereocenters. The van der Waals surface area contributed by atoms with Crippen molar-refractivity contribution in [1.29, 1.82) is 0 Å². The smallest absolute Gasteiger partial charge is 0.285 e. The van der Waals surface area contributed by atoms with Crippen LogP contribution in [0.1, 0.15) is 63.0 Å². The Bertz CT molecular complexity index is 454. The Hall–Kier alpha value is -1.16. The van der Waals surface area contributed by atoms with Gasteiger partial charge in [-0.15, -0.1) is 0 Å². The first-order chi connectivity index (χ1) is 12.2. The largest absolute Gasteiger partial charge is 0.331 e. The predicted molar refractivity (Wildman–Crippen MR) is 105 cm³/mol. The number of rotatable bonds is 14. The van der Waals surface area contributed by atoms with Gasteiger partial charge in [0.2, 0.25) is 0 Å². The van der Waals surface area contributed by atoms with Gasteiger partial charge in [0.05, 0.1) is 0 Å². The van der Waals surface area contributed by atoms with Gasteiger partial charge in [-0.05, 0) is 24.0 Å². The van der Waals surface area contributed by atoms with E-state index < -0.39 is 5.97 Å². The molecule has 0 bridgehead atoms. The summed E-state index contributed by atoms with van der Waals surface area (Å²) in [6.45, 7) is 6.06. The van der Waals surface area contributed by atoms with E-state index in [-0.39, 0.29) is 5.92 Å². The van der Waals surface area contributed by atoms with E-state index in [1.165, 1.54) is 37.7 Å². The molecule has 3 heteroatoms. The fourth-order valence-electron chi connectivity index (χ4n) is 3.40. The van der Waals surface area contributed by atoms with Crippen molar-refractivity contribution in [1.82, 2.24) is 0 Å². The van der Waals surface area contributed by atoms with Crippen LogP contribution in [0, 0.1) is 5.92 Å². The molecule has 0 amide bonds. The minimum Gasteiger partial charge on any atom is -0.331 e. The van der Waals surface area contributed by atoms with E-state index >= 15 is 0 Å². The van der Waals surface area contributed by atoms with Gasteiger partial charge < -0.3 is 14.2 Å². The highest BCUT2D eigenvalue weighted by molar-refractivity contribution is 5.47. The van der Waals surface area contributed by atoms with Gasteiger partial charge in [0.25, 0.3) is 5.97 Å². The maximum Gasteiger partial charge on any atom is 0.285 e. The molecule has 0 spiro atoms. The zero-order valence-electron chi connectivity index (χ0n) is 16.6. The molecule has 1 aromatic carbocycles. The topological polar surface area (TPSA) is 27.7 Å². The molecule has 1 aromatic rings. The molecule has 0 aromatic heterocycles. The fraction of sp³-hybridized carbons (Fsp3) is 0.636. The van der Waals surface area contributed by atoms with Crippen LogP contribution >= 0.6 is 0 Å². The monoisotopic (exact) mass is 348 g/mol. The van der Waals surface area contributed by atoms with E-state index in [1.54, 1.807) is 21.3 Å². The molecular weight excluding hydrogens is 312 g/mol. The lowest BCUT2D eigenvalue weighted by atomic mass is 9.90. The molecule has 0 N–H and O–H groups in total. The number of ether oxygens (including phenoxy) is 3.